The topological polar surface area (TPSA) is 111 Å². The van der Waals surface area contributed by atoms with Gasteiger partial charge in [-0.15, -0.1) is 0 Å². The van der Waals surface area contributed by atoms with Crippen LogP contribution in [-0.2, 0) is 14.3 Å². The number of aromatic amines is 1. The standard InChI is InChI=1S/C26H44N2O6/c1-3-4-5-6-7-8-9-10-11-12-13-14-15-16-24(30)34-21-17-23(33-22(21)19-29)28-18-20(2)25(31)27-26(28)32/h18,21-23,29H,3-17,19H2,1-2H3,(H,27,31,32)/t21-,22+,23+/m0/s1. The number of carbonyl (C=O) groups is 1. The van der Waals surface area contributed by atoms with Gasteiger partial charge in [-0.05, 0) is 13.3 Å². The van der Waals surface area contributed by atoms with E-state index in [2.05, 4.69) is 11.9 Å². The molecule has 2 rings (SSSR count). The molecule has 1 saturated heterocycles. The number of aliphatic hydroxyl groups excluding tert-OH is 1. The van der Waals surface area contributed by atoms with E-state index in [1.165, 1.54) is 75.0 Å². The van der Waals surface area contributed by atoms with Crippen molar-refractivity contribution in [3.8, 4) is 0 Å². The fraction of sp³-hybridized carbons (Fsp3) is 0.808. The number of ether oxygens (including phenoxy) is 2. The lowest BCUT2D eigenvalue weighted by molar-refractivity contribution is -0.153. The molecule has 1 aliphatic rings. The number of hydrogen-bond acceptors (Lipinski definition) is 6. The van der Waals surface area contributed by atoms with Crippen molar-refractivity contribution < 1.29 is 19.4 Å². The van der Waals surface area contributed by atoms with Crippen LogP contribution < -0.4 is 11.2 Å². The first-order valence-electron chi connectivity index (χ1n) is 13.2. The normalized spacial score (nSPS) is 20.0. The molecule has 3 atom stereocenters. The third-order valence-corrected chi connectivity index (χ3v) is 6.58. The van der Waals surface area contributed by atoms with Gasteiger partial charge in [0.2, 0.25) is 0 Å². The molecule has 0 aliphatic carbocycles. The number of rotatable bonds is 17. The summed E-state index contributed by atoms with van der Waals surface area (Å²) in [5.74, 6) is -0.305. The lowest BCUT2D eigenvalue weighted by Crippen LogP contribution is -2.33. The molecule has 34 heavy (non-hydrogen) atoms. The maximum atomic E-state index is 12.3. The molecule has 0 bridgehead atoms. The van der Waals surface area contributed by atoms with Crippen molar-refractivity contribution in [2.45, 2.75) is 129 Å². The predicted molar refractivity (Wildman–Crippen MR) is 132 cm³/mol. The van der Waals surface area contributed by atoms with Crippen LogP contribution in [0.3, 0.4) is 0 Å². The lowest BCUT2D eigenvalue weighted by atomic mass is 10.0. The summed E-state index contributed by atoms with van der Waals surface area (Å²) < 4.78 is 12.6. The highest BCUT2D eigenvalue weighted by molar-refractivity contribution is 5.69. The van der Waals surface area contributed by atoms with Crippen LogP contribution in [0.5, 0.6) is 0 Å². The summed E-state index contributed by atoms with van der Waals surface area (Å²) in [5.41, 5.74) is -0.651. The van der Waals surface area contributed by atoms with Crippen molar-refractivity contribution in [1.82, 2.24) is 9.55 Å². The summed E-state index contributed by atoms with van der Waals surface area (Å²) in [6, 6.07) is 0. The molecular weight excluding hydrogens is 436 g/mol. The Bertz CT molecular complexity index is 833. The first-order chi connectivity index (χ1) is 16.5. The van der Waals surface area contributed by atoms with E-state index in [0.717, 1.165) is 19.3 Å². The van der Waals surface area contributed by atoms with Crippen LogP contribution in [0, 0.1) is 6.92 Å². The number of unbranched alkanes of at least 4 members (excludes halogenated alkanes) is 12. The number of nitrogens with zero attached hydrogens (tertiary/aromatic N) is 1. The second kappa shape index (κ2) is 15.9. The molecule has 194 valence electrons. The minimum atomic E-state index is -0.700. The van der Waals surface area contributed by atoms with E-state index in [0.29, 0.717) is 12.0 Å². The van der Waals surface area contributed by atoms with Gasteiger partial charge < -0.3 is 14.6 Å². The third kappa shape index (κ3) is 9.74. The van der Waals surface area contributed by atoms with E-state index in [-0.39, 0.29) is 19.0 Å². The van der Waals surface area contributed by atoms with Crippen molar-refractivity contribution in [1.29, 1.82) is 0 Å². The minimum absolute atomic E-state index is 0.251. The van der Waals surface area contributed by atoms with Crippen LogP contribution >= 0.6 is 0 Å². The van der Waals surface area contributed by atoms with Crippen molar-refractivity contribution >= 4 is 5.97 Å². The summed E-state index contributed by atoms with van der Waals surface area (Å²) in [6.45, 7) is 3.53. The zero-order chi connectivity index (χ0) is 24.8. The van der Waals surface area contributed by atoms with Crippen LogP contribution in [0.15, 0.2) is 15.8 Å². The average Bonchev–Trinajstić information content (AvgIpc) is 3.21. The van der Waals surface area contributed by atoms with Crippen LogP contribution in [-0.4, -0.2) is 39.4 Å². The molecule has 8 heteroatoms. The fourth-order valence-corrected chi connectivity index (χ4v) is 4.47. The van der Waals surface area contributed by atoms with E-state index in [1.54, 1.807) is 6.92 Å². The molecule has 1 fully saturated rings. The molecule has 0 aromatic carbocycles. The summed E-state index contributed by atoms with van der Waals surface area (Å²) in [7, 11) is 0. The highest BCUT2D eigenvalue weighted by Gasteiger charge is 2.38. The molecule has 2 N–H and O–H groups in total. The predicted octanol–water partition coefficient (Wildman–Crippen LogP) is 4.52. The Hall–Kier alpha value is -1.93. The maximum absolute atomic E-state index is 12.3. The smallest absolute Gasteiger partial charge is 0.330 e. The van der Waals surface area contributed by atoms with Crippen molar-refractivity contribution in [3.63, 3.8) is 0 Å². The fourth-order valence-electron chi connectivity index (χ4n) is 4.47. The van der Waals surface area contributed by atoms with Gasteiger partial charge in [-0.1, -0.05) is 84.0 Å². The highest BCUT2D eigenvalue weighted by Crippen LogP contribution is 2.30. The Labute approximate surface area is 203 Å². The minimum Gasteiger partial charge on any atom is -0.459 e. The highest BCUT2D eigenvalue weighted by atomic mass is 16.6. The van der Waals surface area contributed by atoms with Crippen LogP contribution in [0.4, 0.5) is 0 Å². The second-order valence-corrected chi connectivity index (χ2v) is 9.55. The van der Waals surface area contributed by atoms with Gasteiger partial charge in [0.15, 0.2) is 0 Å². The Balaban J connectivity index is 1.59. The molecule has 1 aliphatic heterocycles. The Morgan fingerprint density at radius 1 is 1.03 bits per heavy atom. The number of hydrogen-bond donors (Lipinski definition) is 2. The number of H-pyrrole nitrogens is 1. The zero-order valence-corrected chi connectivity index (χ0v) is 21.1. The van der Waals surface area contributed by atoms with E-state index < -0.39 is 29.7 Å². The molecule has 0 radical (unpaired) electrons. The quantitative estimate of drug-likeness (QED) is 0.251. The van der Waals surface area contributed by atoms with Gasteiger partial charge in [0, 0.05) is 24.6 Å². The number of nitrogens with one attached hydrogen (secondary N) is 1. The molecule has 1 aromatic rings. The van der Waals surface area contributed by atoms with Gasteiger partial charge in [0.25, 0.3) is 5.56 Å². The number of aliphatic hydroxyl groups is 1. The van der Waals surface area contributed by atoms with Crippen LogP contribution in [0.25, 0.3) is 0 Å². The third-order valence-electron chi connectivity index (χ3n) is 6.58. The first kappa shape index (κ1) is 28.3. The van der Waals surface area contributed by atoms with Crippen LogP contribution in [0.1, 0.15) is 115 Å². The van der Waals surface area contributed by atoms with Crippen molar-refractivity contribution in [2.24, 2.45) is 0 Å². The number of carbonyl (C=O) groups excluding carboxylic acids is 1. The Morgan fingerprint density at radius 3 is 2.15 bits per heavy atom. The zero-order valence-electron chi connectivity index (χ0n) is 21.1. The molecule has 0 amide bonds. The van der Waals surface area contributed by atoms with Gasteiger partial charge >= 0.3 is 11.7 Å². The molecule has 8 nitrogen and oxygen atoms in total. The van der Waals surface area contributed by atoms with E-state index in [4.69, 9.17) is 9.47 Å². The molecule has 2 heterocycles. The van der Waals surface area contributed by atoms with Crippen molar-refractivity contribution in [3.05, 3.63) is 32.6 Å². The van der Waals surface area contributed by atoms with Crippen LogP contribution in [0.2, 0.25) is 0 Å². The second-order valence-electron chi connectivity index (χ2n) is 9.55. The molecule has 0 spiro atoms. The molecule has 0 saturated carbocycles. The monoisotopic (exact) mass is 480 g/mol. The maximum Gasteiger partial charge on any atom is 0.330 e. The molecule has 0 unspecified atom stereocenters. The lowest BCUT2D eigenvalue weighted by Gasteiger charge is -2.16. The summed E-state index contributed by atoms with van der Waals surface area (Å²) in [4.78, 5) is 38.2. The van der Waals surface area contributed by atoms with Gasteiger partial charge in [-0.2, -0.15) is 0 Å². The first-order valence-corrected chi connectivity index (χ1v) is 13.2. The van der Waals surface area contributed by atoms with E-state index >= 15 is 0 Å². The number of esters is 1. The Kier molecular flexibility index (Phi) is 13.2. The van der Waals surface area contributed by atoms with Gasteiger partial charge in [-0.25, -0.2) is 4.79 Å². The Morgan fingerprint density at radius 2 is 1.59 bits per heavy atom. The molecular formula is C26H44N2O6. The number of aromatic nitrogens is 2. The van der Waals surface area contributed by atoms with Gasteiger partial charge in [-0.3, -0.25) is 19.1 Å². The van der Waals surface area contributed by atoms with Crippen molar-refractivity contribution in [2.75, 3.05) is 6.61 Å². The average molecular weight is 481 g/mol. The SMILES string of the molecule is CCCCCCCCCCCCCCCC(=O)O[C@H]1C[C@H](n2cc(C)c(=O)[nH]c2=O)O[C@@H]1CO. The number of aryl methyl sites for hydroxylation is 1. The largest absolute Gasteiger partial charge is 0.459 e. The summed E-state index contributed by atoms with van der Waals surface area (Å²) in [5, 5.41) is 9.62. The van der Waals surface area contributed by atoms with E-state index in [1.807, 2.05) is 0 Å². The van der Waals surface area contributed by atoms with Gasteiger partial charge in [0.1, 0.15) is 18.4 Å². The van der Waals surface area contributed by atoms with E-state index in [9.17, 15) is 19.5 Å². The summed E-state index contributed by atoms with van der Waals surface area (Å²) >= 11 is 0. The van der Waals surface area contributed by atoms with Gasteiger partial charge in [0.05, 0.1) is 6.61 Å². The summed E-state index contributed by atoms with van der Waals surface area (Å²) in [6.07, 6.45) is 16.2. The molecule has 1 aromatic heterocycles.